The number of carbonyl (C=O) groups excluding carboxylic acids is 1. The molecule has 1 heterocycles. The summed E-state index contributed by atoms with van der Waals surface area (Å²) in [5.41, 5.74) is 1.78. The fourth-order valence-electron chi connectivity index (χ4n) is 1.43. The first-order valence-corrected chi connectivity index (χ1v) is 5.78. The van der Waals surface area contributed by atoms with E-state index in [0.717, 1.165) is 17.6 Å². The zero-order valence-corrected chi connectivity index (χ0v) is 10.9. The predicted octanol–water partition coefficient (Wildman–Crippen LogP) is 2.45. The molecule has 0 unspecified atom stereocenters. The van der Waals surface area contributed by atoms with E-state index in [4.69, 9.17) is 0 Å². The normalized spacial score (nSPS) is 16.3. The van der Waals surface area contributed by atoms with Crippen LogP contribution < -0.4 is 0 Å². The van der Waals surface area contributed by atoms with Crippen molar-refractivity contribution in [2.75, 3.05) is 20.6 Å². The Kier molecular flexibility index (Phi) is 7.18. The Morgan fingerprint density at radius 1 is 1.44 bits per heavy atom. The third-order valence-electron chi connectivity index (χ3n) is 2.14. The molecule has 0 saturated heterocycles. The number of amides is 1. The van der Waals surface area contributed by atoms with E-state index >= 15 is 0 Å². The number of allylic oxidation sites excluding steroid dienone is 1. The first-order valence-electron chi connectivity index (χ1n) is 5.78. The van der Waals surface area contributed by atoms with E-state index in [1.54, 1.807) is 25.2 Å². The Balaban J connectivity index is 0.00000106. The maximum Gasteiger partial charge on any atom is 0.255 e. The number of carbonyl (C=O) groups is 1. The van der Waals surface area contributed by atoms with Gasteiger partial charge in [0.25, 0.3) is 5.91 Å². The standard InChI is InChI=1S/C11H16N2O.C2H6/c1-4-5-6-9-8-13(3)11(14)10(9)7-12-2;1-2/h5-7H,4,8H2,1-3H3;1-2H3/b6-5-,12-7?;. The highest BCUT2D eigenvalue weighted by atomic mass is 16.2. The van der Waals surface area contributed by atoms with Crippen molar-refractivity contribution in [3.05, 3.63) is 23.3 Å². The molecule has 3 heteroatoms. The van der Waals surface area contributed by atoms with Gasteiger partial charge < -0.3 is 4.90 Å². The molecule has 0 aromatic heterocycles. The second-order valence-corrected chi connectivity index (χ2v) is 3.30. The van der Waals surface area contributed by atoms with Gasteiger partial charge in [0, 0.05) is 26.9 Å². The first kappa shape index (κ1) is 14.6. The summed E-state index contributed by atoms with van der Waals surface area (Å²) in [6.45, 7) is 6.77. The third-order valence-corrected chi connectivity index (χ3v) is 2.14. The van der Waals surface area contributed by atoms with Gasteiger partial charge in [0.05, 0.1) is 5.57 Å². The van der Waals surface area contributed by atoms with Gasteiger partial charge in [-0.1, -0.05) is 32.9 Å². The van der Waals surface area contributed by atoms with Crippen LogP contribution in [0, 0.1) is 0 Å². The number of aliphatic imine (C=N–C) groups is 1. The van der Waals surface area contributed by atoms with Gasteiger partial charge in [-0.25, -0.2) is 0 Å². The Morgan fingerprint density at radius 2 is 2.06 bits per heavy atom. The second kappa shape index (κ2) is 7.85. The zero-order chi connectivity index (χ0) is 12.6. The minimum absolute atomic E-state index is 0.0614. The minimum Gasteiger partial charge on any atom is -0.337 e. The molecule has 1 aliphatic rings. The van der Waals surface area contributed by atoms with E-state index in [1.165, 1.54) is 0 Å². The Morgan fingerprint density at radius 3 is 2.56 bits per heavy atom. The molecule has 1 amide bonds. The Hall–Kier alpha value is -1.38. The SMILES string of the molecule is CC.CC/C=C\C1=C(C=NC)C(=O)N(C)C1. The number of hydrogen-bond acceptors (Lipinski definition) is 2. The van der Waals surface area contributed by atoms with Crippen LogP contribution in [0.2, 0.25) is 0 Å². The van der Waals surface area contributed by atoms with Crippen molar-refractivity contribution in [1.29, 1.82) is 0 Å². The summed E-state index contributed by atoms with van der Waals surface area (Å²) in [4.78, 5) is 17.2. The zero-order valence-electron chi connectivity index (χ0n) is 10.9. The van der Waals surface area contributed by atoms with E-state index < -0.39 is 0 Å². The third kappa shape index (κ3) is 3.65. The van der Waals surface area contributed by atoms with Crippen LogP contribution in [0.3, 0.4) is 0 Å². The van der Waals surface area contributed by atoms with E-state index in [1.807, 2.05) is 19.9 Å². The second-order valence-electron chi connectivity index (χ2n) is 3.30. The molecule has 16 heavy (non-hydrogen) atoms. The average Bonchev–Trinajstić information content (AvgIpc) is 2.57. The molecular weight excluding hydrogens is 200 g/mol. The smallest absolute Gasteiger partial charge is 0.255 e. The number of hydrogen-bond donors (Lipinski definition) is 0. The molecule has 0 radical (unpaired) electrons. The maximum absolute atomic E-state index is 11.6. The lowest BCUT2D eigenvalue weighted by Crippen LogP contribution is -2.22. The largest absolute Gasteiger partial charge is 0.337 e. The van der Waals surface area contributed by atoms with Crippen molar-refractivity contribution in [3.63, 3.8) is 0 Å². The summed E-state index contributed by atoms with van der Waals surface area (Å²) in [5.74, 6) is 0.0614. The topological polar surface area (TPSA) is 32.7 Å². The van der Waals surface area contributed by atoms with Crippen LogP contribution in [0.4, 0.5) is 0 Å². The maximum atomic E-state index is 11.6. The molecule has 0 saturated carbocycles. The van der Waals surface area contributed by atoms with Crippen molar-refractivity contribution >= 4 is 12.1 Å². The van der Waals surface area contributed by atoms with Crippen molar-refractivity contribution in [2.45, 2.75) is 27.2 Å². The molecule has 0 bridgehead atoms. The van der Waals surface area contributed by atoms with Gasteiger partial charge >= 0.3 is 0 Å². The molecule has 90 valence electrons. The summed E-state index contributed by atoms with van der Waals surface area (Å²) < 4.78 is 0. The molecule has 1 rings (SSSR count). The van der Waals surface area contributed by atoms with Crippen LogP contribution in [0.1, 0.15) is 27.2 Å². The van der Waals surface area contributed by atoms with Crippen molar-refractivity contribution in [1.82, 2.24) is 4.90 Å². The lowest BCUT2D eigenvalue weighted by molar-refractivity contribution is -0.123. The van der Waals surface area contributed by atoms with E-state index in [0.29, 0.717) is 6.54 Å². The number of likely N-dealkylation sites (N-methyl/N-ethyl adjacent to an activating group) is 1. The molecule has 0 atom stereocenters. The first-order chi connectivity index (χ1) is 7.70. The monoisotopic (exact) mass is 222 g/mol. The van der Waals surface area contributed by atoms with Gasteiger partial charge in [-0.15, -0.1) is 0 Å². The Labute approximate surface area is 98.6 Å². The van der Waals surface area contributed by atoms with Crippen molar-refractivity contribution in [2.24, 2.45) is 4.99 Å². The van der Waals surface area contributed by atoms with Crippen LogP contribution in [0.25, 0.3) is 0 Å². The van der Waals surface area contributed by atoms with Crippen LogP contribution in [-0.4, -0.2) is 37.7 Å². The summed E-state index contributed by atoms with van der Waals surface area (Å²) in [6, 6.07) is 0. The lowest BCUT2D eigenvalue weighted by Gasteiger charge is -2.06. The van der Waals surface area contributed by atoms with Crippen LogP contribution in [0.5, 0.6) is 0 Å². The quantitative estimate of drug-likeness (QED) is 0.675. The van der Waals surface area contributed by atoms with Crippen molar-refractivity contribution in [3.8, 4) is 0 Å². The van der Waals surface area contributed by atoms with Gasteiger partial charge in [-0.2, -0.15) is 0 Å². The fraction of sp³-hybridized carbons (Fsp3) is 0.538. The summed E-state index contributed by atoms with van der Waals surface area (Å²) in [5, 5.41) is 0. The number of rotatable bonds is 3. The predicted molar refractivity (Wildman–Crippen MR) is 69.9 cm³/mol. The molecule has 1 aliphatic heterocycles. The molecule has 0 spiro atoms. The van der Waals surface area contributed by atoms with Crippen LogP contribution in [-0.2, 0) is 4.79 Å². The van der Waals surface area contributed by atoms with E-state index in [2.05, 4.69) is 18.0 Å². The van der Waals surface area contributed by atoms with E-state index in [-0.39, 0.29) is 5.91 Å². The van der Waals surface area contributed by atoms with Crippen molar-refractivity contribution < 1.29 is 4.79 Å². The minimum atomic E-state index is 0.0614. The molecule has 0 aliphatic carbocycles. The summed E-state index contributed by atoms with van der Waals surface area (Å²) in [7, 11) is 3.48. The van der Waals surface area contributed by atoms with Crippen LogP contribution >= 0.6 is 0 Å². The van der Waals surface area contributed by atoms with Gasteiger partial charge in [-0.3, -0.25) is 9.79 Å². The Bertz CT molecular complexity index is 314. The highest BCUT2D eigenvalue weighted by Gasteiger charge is 2.24. The highest BCUT2D eigenvalue weighted by molar-refractivity contribution is 6.15. The molecule has 0 aromatic rings. The molecule has 0 fully saturated rings. The van der Waals surface area contributed by atoms with Gasteiger partial charge in [-0.05, 0) is 12.0 Å². The molecular formula is C13H22N2O. The van der Waals surface area contributed by atoms with E-state index in [9.17, 15) is 4.79 Å². The summed E-state index contributed by atoms with van der Waals surface area (Å²) in [6.07, 6.45) is 6.70. The average molecular weight is 222 g/mol. The lowest BCUT2D eigenvalue weighted by atomic mass is 10.1. The van der Waals surface area contributed by atoms with Gasteiger partial charge in [0.2, 0.25) is 0 Å². The van der Waals surface area contributed by atoms with Crippen LogP contribution in [0.15, 0.2) is 28.3 Å². The fourth-order valence-corrected chi connectivity index (χ4v) is 1.43. The van der Waals surface area contributed by atoms with Gasteiger partial charge in [0.15, 0.2) is 0 Å². The molecule has 0 aromatic carbocycles. The van der Waals surface area contributed by atoms with Gasteiger partial charge in [0.1, 0.15) is 0 Å². The molecule has 0 N–H and O–H groups in total. The summed E-state index contributed by atoms with van der Waals surface area (Å²) >= 11 is 0. The highest BCUT2D eigenvalue weighted by Crippen LogP contribution is 2.17. The number of nitrogens with zero attached hydrogens (tertiary/aromatic N) is 2. The molecule has 3 nitrogen and oxygen atoms in total.